The Morgan fingerprint density at radius 2 is 0.803 bits per heavy atom. The molecule has 10 rings (SSSR count). The van der Waals surface area contributed by atoms with E-state index in [1.54, 1.807) is 0 Å². The quantitative estimate of drug-likeness (QED) is 0.143. The first-order valence-corrected chi connectivity index (χ1v) is 20.5. The van der Waals surface area contributed by atoms with Crippen LogP contribution < -0.4 is 5.32 Å². The Balaban J connectivity index is 1.06. The second-order valence-corrected chi connectivity index (χ2v) is 15.1. The van der Waals surface area contributed by atoms with Crippen LogP contribution in [0.25, 0.3) is 79.2 Å². The van der Waals surface area contributed by atoms with Crippen molar-refractivity contribution in [2.45, 2.75) is 0 Å². The topological polar surface area (TPSA) is 61.7 Å². The molecule has 0 unspecified atom stereocenters. The van der Waals surface area contributed by atoms with Crippen LogP contribution in [-0.4, -0.2) is 15.7 Å². The van der Waals surface area contributed by atoms with Crippen molar-refractivity contribution in [2.24, 2.45) is 0 Å². The molecule has 2 heterocycles. The lowest BCUT2D eigenvalue weighted by atomic mass is 9.86. The third kappa shape index (κ3) is 7.74. The Kier molecular flexibility index (Phi) is 10.1. The molecule has 0 bridgehead atoms. The van der Waals surface area contributed by atoms with Gasteiger partial charge < -0.3 is 5.32 Å². The van der Waals surface area contributed by atoms with E-state index < -0.39 is 0 Å². The van der Waals surface area contributed by atoms with Crippen molar-refractivity contribution in [3.63, 3.8) is 0 Å². The molecule has 9 aromatic rings. The second-order valence-electron chi connectivity index (χ2n) is 15.1. The molecule has 8 aromatic carbocycles. The van der Waals surface area contributed by atoms with E-state index in [1.165, 1.54) is 5.56 Å². The number of aromatic nitrogens is 2. The fraction of sp³-hybridized carbons (Fsp3) is 0. The summed E-state index contributed by atoms with van der Waals surface area (Å²) in [6.45, 7) is 0. The minimum atomic E-state index is 0.452. The molecule has 0 atom stereocenters. The van der Waals surface area contributed by atoms with E-state index in [2.05, 4.69) is 157 Å². The standard InChI is InChI=1S/C57H40N4/c58-55(46-24-14-5-15-25-46)54(45-22-12-4-13-23-45)56-50-36-48(34-35-49(50)37-51(59-56)42-18-8-2-9-19-42)41-28-32-47(33-29-41)57-60-52(43-20-10-3-11-21-43)38-53(61-57)44-30-26-40(27-31-44)39-16-6-1-7-17-39/h1-38,58-59H/b56-54-,58-55?. The van der Waals surface area contributed by atoms with Crippen LogP contribution >= 0.6 is 0 Å². The van der Waals surface area contributed by atoms with Gasteiger partial charge in [0.05, 0.1) is 22.8 Å². The maximum atomic E-state index is 9.65. The highest BCUT2D eigenvalue weighted by atomic mass is 14.9. The normalized spacial score (nSPS) is 12.8. The number of nitrogens with zero attached hydrogens (tertiary/aromatic N) is 2. The Morgan fingerprint density at radius 1 is 0.377 bits per heavy atom. The van der Waals surface area contributed by atoms with Crippen molar-refractivity contribution in [3.8, 4) is 56.2 Å². The molecule has 1 aromatic heterocycles. The maximum absolute atomic E-state index is 9.65. The molecule has 4 nitrogen and oxygen atoms in total. The largest absolute Gasteiger partial charge is 0.354 e. The summed E-state index contributed by atoms with van der Waals surface area (Å²) in [6, 6.07) is 77.2. The monoisotopic (exact) mass is 780 g/mol. The Bertz CT molecular complexity index is 3050. The van der Waals surface area contributed by atoms with Crippen molar-refractivity contribution in [1.82, 2.24) is 15.3 Å². The van der Waals surface area contributed by atoms with Gasteiger partial charge in [-0.25, -0.2) is 9.97 Å². The lowest BCUT2D eigenvalue weighted by Crippen LogP contribution is -2.20. The van der Waals surface area contributed by atoms with E-state index in [9.17, 15) is 5.41 Å². The van der Waals surface area contributed by atoms with Gasteiger partial charge in [-0.2, -0.15) is 0 Å². The highest BCUT2D eigenvalue weighted by Gasteiger charge is 2.24. The Labute approximate surface area is 356 Å². The number of rotatable bonds is 9. The second kappa shape index (κ2) is 16.6. The van der Waals surface area contributed by atoms with E-state index in [0.29, 0.717) is 11.5 Å². The zero-order valence-corrected chi connectivity index (χ0v) is 33.3. The predicted octanol–water partition coefficient (Wildman–Crippen LogP) is 13.8. The number of fused-ring (bicyclic) bond motifs is 1. The van der Waals surface area contributed by atoms with Gasteiger partial charge in [0, 0.05) is 39.1 Å². The molecule has 288 valence electrons. The minimum absolute atomic E-state index is 0.452. The fourth-order valence-corrected chi connectivity index (χ4v) is 7.97. The first kappa shape index (κ1) is 37.1. The van der Waals surface area contributed by atoms with Gasteiger partial charge in [-0.15, -0.1) is 0 Å². The molecule has 0 fully saturated rings. The van der Waals surface area contributed by atoms with Crippen molar-refractivity contribution in [2.75, 3.05) is 0 Å². The van der Waals surface area contributed by atoms with Gasteiger partial charge in [-0.3, -0.25) is 5.41 Å². The van der Waals surface area contributed by atoms with Crippen molar-refractivity contribution >= 4 is 28.8 Å². The lowest BCUT2D eigenvalue weighted by molar-refractivity contribution is 1.18. The van der Waals surface area contributed by atoms with Gasteiger partial charge in [0.1, 0.15) is 0 Å². The summed E-state index contributed by atoms with van der Waals surface area (Å²) >= 11 is 0. The molecular weight excluding hydrogens is 741 g/mol. The number of nitrogens with one attached hydrogen (secondary N) is 2. The average molecular weight is 781 g/mol. The van der Waals surface area contributed by atoms with E-state index in [0.717, 1.165) is 89.6 Å². The number of hydrogen-bond donors (Lipinski definition) is 2. The molecule has 0 saturated heterocycles. The summed E-state index contributed by atoms with van der Waals surface area (Å²) in [5.41, 5.74) is 17.4. The fourth-order valence-electron chi connectivity index (χ4n) is 7.97. The van der Waals surface area contributed by atoms with Gasteiger partial charge in [0.15, 0.2) is 5.82 Å². The maximum Gasteiger partial charge on any atom is 0.160 e. The van der Waals surface area contributed by atoms with E-state index in [1.807, 2.05) is 78.9 Å². The number of benzene rings is 8. The highest BCUT2D eigenvalue weighted by Crippen LogP contribution is 2.39. The summed E-state index contributed by atoms with van der Waals surface area (Å²) in [5, 5.41) is 13.5. The number of hydrogen-bond acceptors (Lipinski definition) is 4. The first-order valence-electron chi connectivity index (χ1n) is 20.5. The van der Waals surface area contributed by atoms with Crippen LogP contribution in [0.5, 0.6) is 0 Å². The highest BCUT2D eigenvalue weighted by molar-refractivity contribution is 6.36. The van der Waals surface area contributed by atoms with Crippen LogP contribution in [0.2, 0.25) is 0 Å². The third-order valence-corrected chi connectivity index (χ3v) is 11.2. The summed E-state index contributed by atoms with van der Waals surface area (Å²) in [5.74, 6) is 0.667. The molecule has 4 heteroatoms. The number of allylic oxidation sites excluding steroid dienone is 1. The molecule has 0 amide bonds. The van der Waals surface area contributed by atoms with Gasteiger partial charge in [0.2, 0.25) is 0 Å². The molecule has 2 N–H and O–H groups in total. The van der Waals surface area contributed by atoms with Gasteiger partial charge >= 0.3 is 0 Å². The van der Waals surface area contributed by atoms with Gasteiger partial charge in [-0.1, -0.05) is 212 Å². The summed E-state index contributed by atoms with van der Waals surface area (Å²) in [6.07, 6.45) is 2.21. The zero-order valence-electron chi connectivity index (χ0n) is 33.3. The van der Waals surface area contributed by atoms with E-state index >= 15 is 0 Å². The Morgan fingerprint density at radius 3 is 1.39 bits per heavy atom. The van der Waals surface area contributed by atoms with E-state index in [-0.39, 0.29) is 0 Å². The van der Waals surface area contributed by atoms with Crippen molar-refractivity contribution in [1.29, 1.82) is 5.41 Å². The summed E-state index contributed by atoms with van der Waals surface area (Å²) < 4.78 is 0. The molecule has 0 spiro atoms. The van der Waals surface area contributed by atoms with Crippen LogP contribution in [0.3, 0.4) is 0 Å². The van der Waals surface area contributed by atoms with Crippen LogP contribution in [0.15, 0.2) is 224 Å². The van der Waals surface area contributed by atoms with Crippen LogP contribution in [0, 0.1) is 5.41 Å². The molecular formula is C57H40N4. The first-order chi connectivity index (χ1) is 30.1. The molecule has 61 heavy (non-hydrogen) atoms. The average Bonchev–Trinajstić information content (AvgIpc) is 3.35. The van der Waals surface area contributed by atoms with E-state index in [4.69, 9.17) is 9.97 Å². The van der Waals surface area contributed by atoms with Crippen molar-refractivity contribution in [3.05, 3.63) is 252 Å². The Hall–Kier alpha value is -8.21. The van der Waals surface area contributed by atoms with Crippen LogP contribution in [-0.2, 0) is 0 Å². The summed E-state index contributed by atoms with van der Waals surface area (Å²) in [7, 11) is 0. The minimum Gasteiger partial charge on any atom is -0.354 e. The molecule has 1 aliphatic heterocycles. The zero-order chi connectivity index (χ0) is 41.0. The van der Waals surface area contributed by atoms with Crippen LogP contribution in [0.1, 0.15) is 27.8 Å². The third-order valence-electron chi connectivity index (χ3n) is 11.2. The van der Waals surface area contributed by atoms with Gasteiger partial charge in [-0.05, 0) is 57.2 Å². The van der Waals surface area contributed by atoms with Gasteiger partial charge in [0.25, 0.3) is 0 Å². The molecule has 1 aliphatic rings. The molecule has 0 aliphatic carbocycles. The van der Waals surface area contributed by atoms with Crippen molar-refractivity contribution < 1.29 is 0 Å². The SMILES string of the molecule is N=C(/C(=C1\NC(c2ccccc2)=Cc2ccc(-c3ccc(-c4nc(-c5ccccc5)cc(-c5ccc(-c6ccccc6)cc5)n4)cc3)cc21)c1ccccc1)c1ccccc1. The molecule has 0 radical (unpaired) electrons. The lowest BCUT2D eigenvalue weighted by Gasteiger charge is -2.27. The summed E-state index contributed by atoms with van der Waals surface area (Å²) in [4.78, 5) is 10.2. The van der Waals surface area contributed by atoms with Crippen LogP contribution in [0.4, 0.5) is 0 Å². The molecule has 0 saturated carbocycles. The predicted molar refractivity (Wildman–Crippen MR) is 253 cm³/mol. The smallest absolute Gasteiger partial charge is 0.160 e.